The van der Waals surface area contributed by atoms with Crippen LogP contribution >= 0.6 is 0 Å². The number of carboxylic acids is 1. The summed E-state index contributed by atoms with van der Waals surface area (Å²) < 4.78 is 0. The molecule has 1 heterocycles. The molecule has 1 aliphatic heterocycles. The van der Waals surface area contributed by atoms with Crippen molar-refractivity contribution in [3.63, 3.8) is 0 Å². The molecule has 1 atom stereocenters. The van der Waals surface area contributed by atoms with E-state index in [9.17, 15) is 9.59 Å². The molecule has 5 heteroatoms. The van der Waals surface area contributed by atoms with Gasteiger partial charge >= 0.3 is 5.97 Å². The van der Waals surface area contributed by atoms with Crippen LogP contribution in [0.1, 0.15) is 19.8 Å². The fraction of sp³-hybridized carbons (Fsp3) is 0.818. The second kappa shape index (κ2) is 4.41. The molecule has 0 aromatic rings. The van der Waals surface area contributed by atoms with Crippen LogP contribution in [0.5, 0.6) is 0 Å². The molecule has 0 bridgehead atoms. The zero-order valence-corrected chi connectivity index (χ0v) is 9.56. The molecule has 1 amide bonds. The van der Waals surface area contributed by atoms with Crippen molar-refractivity contribution in [1.82, 2.24) is 9.80 Å². The first-order valence-corrected chi connectivity index (χ1v) is 5.85. The molecule has 1 saturated heterocycles. The lowest BCUT2D eigenvalue weighted by atomic mass is 10.2. The molecule has 2 fully saturated rings. The van der Waals surface area contributed by atoms with Gasteiger partial charge in [-0.25, -0.2) is 0 Å². The number of hydrogen-bond donors (Lipinski definition) is 1. The maximum Gasteiger partial charge on any atom is 0.320 e. The summed E-state index contributed by atoms with van der Waals surface area (Å²) in [5, 5.41) is 8.89. The van der Waals surface area contributed by atoms with Gasteiger partial charge in [-0.2, -0.15) is 0 Å². The third kappa shape index (κ3) is 2.35. The Balaban J connectivity index is 1.81. The summed E-state index contributed by atoms with van der Waals surface area (Å²) in [5.74, 6) is -0.256. The minimum Gasteiger partial charge on any atom is -0.480 e. The van der Waals surface area contributed by atoms with Gasteiger partial charge in [-0.15, -0.1) is 0 Å². The first-order chi connectivity index (χ1) is 7.59. The lowest BCUT2D eigenvalue weighted by Crippen LogP contribution is -2.53. The lowest BCUT2D eigenvalue weighted by Gasteiger charge is -2.36. The normalized spacial score (nSPS) is 24.2. The molecule has 1 saturated carbocycles. The van der Waals surface area contributed by atoms with Crippen LogP contribution in [0.3, 0.4) is 0 Å². The number of piperazine rings is 1. The standard InChI is InChI=1S/C11H18N2O3/c1-8(11(15)16)12-4-6-13(7-5-12)10(14)9-2-3-9/h8-9H,2-7H2,1H3,(H,15,16). The number of hydrogen-bond acceptors (Lipinski definition) is 3. The van der Waals surface area contributed by atoms with E-state index < -0.39 is 12.0 Å². The maximum absolute atomic E-state index is 11.8. The van der Waals surface area contributed by atoms with Gasteiger partial charge < -0.3 is 10.0 Å². The first-order valence-electron chi connectivity index (χ1n) is 5.85. The Hall–Kier alpha value is -1.10. The quantitative estimate of drug-likeness (QED) is 0.736. The Morgan fingerprint density at radius 3 is 2.19 bits per heavy atom. The van der Waals surface area contributed by atoms with Crippen molar-refractivity contribution in [3.05, 3.63) is 0 Å². The monoisotopic (exact) mass is 226 g/mol. The van der Waals surface area contributed by atoms with E-state index in [1.54, 1.807) is 6.92 Å². The molecule has 1 unspecified atom stereocenters. The van der Waals surface area contributed by atoms with E-state index in [0.29, 0.717) is 26.2 Å². The number of carboxylic acid groups (broad SMARTS) is 1. The van der Waals surface area contributed by atoms with Crippen molar-refractivity contribution in [3.8, 4) is 0 Å². The fourth-order valence-corrected chi connectivity index (χ4v) is 2.07. The predicted octanol–water partition coefficient (Wildman–Crippen LogP) is 0.0137. The molecule has 5 nitrogen and oxygen atoms in total. The van der Waals surface area contributed by atoms with Crippen LogP contribution in [-0.4, -0.2) is 59.0 Å². The van der Waals surface area contributed by atoms with E-state index in [-0.39, 0.29) is 11.8 Å². The van der Waals surface area contributed by atoms with Gasteiger partial charge in [0.15, 0.2) is 0 Å². The maximum atomic E-state index is 11.8. The summed E-state index contributed by atoms with van der Waals surface area (Å²) >= 11 is 0. The van der Waals surface area contributed by atoms with E-state index in [4.69, 9.17) is 5.11 Å². The van der Waals surface area contributed by atoms with E-state index in [0.717, 1.165) is 12.8 Å². The summed E-state index contributed by atoms with van der Waals surface area (Å²) in [6, 6.07) is -0.446. The Morgan fingerprint density at radius 1 is 1.19 bits per heavy atom. The van der Waals surface area contributed by atoms with E-state index >= 15 is 0 Å². The Labute approximate surface area is 95.0 Å². The minimum atomic E-state index is -0.790. The molecule has 90 valence electrons. The van der Waals surface area contributed by atoms with Gasteiger partial charge in [0.25, 0.3) is 0 Å². The summed E-state index contributed by atoms with van der Waals surface area (Å²) in [4.78, 5) is 26.4. The van der Waals surface area contributed by atoms with Crippen molar-refractivity contribution in [2.24, 2.45) is 5.92 Å². The SMILES string of the molecule is CC(C(=O)O)N1CCN(C(=O)C2CC2)CC1. The smallest absolute Gasteiger partial charge is 0.320 e. The highest BCUT2D eigenvalue weighted by Crippen LogP contribution is 2.31. The first kappa shape index (κ1) is 11.4. The molecule has 16 heavy (non-hydrogen) atoms. The molecular weight excluding hydrogens is 208 g/mol. The van der Waals surface area contributed by atoms with Crippen LogP contribution in [0.2, 0.25) is 0 Å². The Morgan fingerprint density at radius 2 is 1.75 bits per heavy atom. The van der Waals surface area contributed by atoms with Crippen molar-refractivity contribution in [2.45, 2.75) is 25.8 Å². The molecule has 0 aromatic heterocycles. The van der Waals surface area contributed by atoms with Gasteiger partial charge in [0.2, 0.25) is 5.91 Å². The third-order valence-electron chi connectivity index (χ3n) is 3.46. The summed E-state index contributed by atoms with van der Waals surface area (Å²) in [5.41, 5.74) is 0. The highest BCUT2D eigenvalue weighted by atomic mass is 16.4. The number of aliphatic carboxylic acids is 1. The second-order valence-corrected chi connectivity index (χ2v) is 4.65. The van der Waals surface area contributed by atoms with Gasteiger partial charge in [0.05, 0.1) is 0 Å². The van der Waals surface area contributed by atoms with Crippen molar-refractivity contribution < 1.29 is 14.7 Å². The molecule has 2 rings (SSSR count). The second-order valence-electron chi connectivity index (χ2n) is 4.65. The summed E-state index contributed by atoms with van der Waals surface area (Å²) in [6.45, 7) is 4.39. The average Bonchev–Trinajstić information content (AvgIpc) is 3.11. The van der Waals surface area contributed by atoms with E-state index in [1.807, 2.05) is 9.80 Å². The van der Waals surface area contributed by atoms with Crippen molar-refractivity contribution in [1.29, 1.82) is 0 Å². The molecule has 0 aromatic carbocycles. The Kier molecular flexibility index (Phi) is 3.14. The summed E-state index contributed by atoms with van der Waals surface area (Å²) in [7, 11) is 0. The van der Waals surface area contributed by atoms with Crippen LogP contribution in [0.4, 0.5) is 0 Å². The van der Waals surface area contributed by atoms with Crippen molar-refractivity contribution >= 4 is 11.9 Å². The van der Waals surface area contributed by atoms with E-state index in [2.05, 4.69) is 0 Å². The third-order valence-corrected chi connectivity index (χ3v) is 3.46. The van der Waals surface area contributed by atoms with Gasteiger partial charge in [0.1, 0.15) is 6.04 Å². The van der Waals surface area contributed by atoms with Crippen LogP contribution < -0.4 is 0 Å². The topological polar surface area (TPSA) is 60.9 Å². The van der Waals surface area contributed by atoms with Gasteiger partial charge in [0, 0.05) is 32.1 Å². The van der Waals surface area contributed by atoms with Gasteiger partial charge in [-0.3, -0.25) is 14.5 Å². The van der Waals surface area contributed by atoms with E-state index in [1.165, 1.54) is 0 Å². The number of carbonyl (C=O) groups excluding carboxylic acids is 1. The molecule has 1 N–H and O–H groups in total. The average molecular weight is 226 g/mol. The number of rotatable bonds is 3. The van der Waals surface area contributed by atoms with Gasteiger partial charge in [-0.1, -0.05) is 0 Å². The van der Waals surface area contributed by atoms with Crippen molar-refractivity contribution in [2.75, 3.05) is 26.2 Å². The fourth-order valence-electron chi connectivity index (χ4n) is 2.07. The molecule has 1 aliphatic carbocycles. The Bertz CT molecular complexity index is 294. The molecule has 2 aliphatic rings. The largest absolute Gasteiger partial charge is 0.480 e. The number of carbonyl (C=O) groups is 2. The highest BCUT2D eigenvalue weighted by Gasteiger charge is 2.35. The van der Waals surface area contributed by atoms with Crippen LogP contribution in [-0.2, 0) is 9.59 Å². The molecule has 0 radical (unpaired) electrons. The minimum absolute atomic E-state index is 0.266. The highest BCUT2D eigenvalue weighted by molar-refractivity contribution is 5.81. The van der Waals surface area contributed by atoms with Gasteiger partial charge in [-0.05, 0) is 19.8 Å². The van der Waals surface area contributed by atoms with Crippen LogP contribution in [0, 0.1) is 5.92 Å². The number of nitrogens with zero attached hydrogens (tertiary/aromatic N) is 2. The zero-order valence-electron chi connectivity index (χ0n) is 9.56. The lowest BCUT2D eigenvalue weighted by molar-refractivity contribution is -0.144. The molecular formula is C11H18N2O3. The van der Waals surface area contributed by atoms with Crippen LogP contribution in [0.25, 0.3) is 0 Å². The zero-order chi connectivity index (χ0) is 11.7. The summed E-state index contributed by atoms with van der Waals surface area (Å²) in [6.07, 6.45) is 2.06. The molecule has 0 spiro atoms. The predicted molar refractivity (Wildman–Crippen MR) is 58.0 cm³/mol. The number of amides is 1. The van der Waals surface area contributed by atoms with Crippen LogP contribution in [0.15, 0.2) is 0 Å².